The Morgan fingerprint density at radius 1 is 0.357 bits per heavy atom. The second-order valence-electron chi connectivity index (χ2n) is 33.3. The van der Waals surface area contributed by atoms with E-state index in [1.54, 1.807) is 50.0 Å². The molecule has 5 aromatic carbocycles. The molecule has 5 saturated heterocycles. The lowest BCUT2D eigenvalue weighted by atomic mass is 9.79. The molecule has 15 heterocycles. The zero-order valence-electron chi connectivity index (χ0n) is 70.2. The lowest BCUT2D eigenvalue weighted by molar-refractivity contribution is 0.238. The van der Waals surface area contributed by atoms with Gasteiger partial charge >= 0.3 is 0 Å². The molecule has 646 valence electrons. The van der Waals surface area contributed by atoms with Crippen LogP contribution in [0.2, 0.25) is 10.0 Å². The van der Waals surface area contributed by atoms with E-state index < -0.39 is 23.5 Å². The zero-order valence-corrected chi connectivity index (χ0v) is 73.3. The first kappa shape index (κ1) is 87.2. The molecule has 126 heavy (non-hydrogen) atoms. The maximum atomic E-state index is 14.5. The Morgan fingerprint density at radius 3 is 1.02 bits per heavy atom. The number of nitrogens with one attached hydrogen (secondary N) is 12. The highest BCUT2D eigenvalue weighted by molar-refractivity contribution is 9.10. The highest BCUT2D eigenvalue weighted by Gasteiger charge is 2.43. The van der Waals surface area contributed by atoms with E-state index in [0.717, 1.165) is 248 Å². The number of anilines is 5. The Kier molecular flexibility index (Phi) is 27.4. The molecule has 0 amide bonds. The van der Waals surface area contributed by atoms with Crippen LogP contribution in [0.15, 0.2) is 201 Å². The van der Waals surface area contributed by atoms with E-state index in [-0.39, 0.29) is 41.0 Å². The van der Waals surface area contributed by atoms with Crippen molar-refractivity contribution < 1.29 is 17.9 Å². The number of H-pyrrole nitrogens is 5. The molecular formula is C94H97BrCl2F3N25O. The van der Waals surface area contributed by atoms with Crippen molar-refractivity contribution in [2.45, 2.75) is 93.8 Å². The van der Waals surface area contributed by atoms with Crippen LogP contribution in [0, 0.1) is 104 Å². The summed E-state index contributed by atoms with van der Waals surface area (Å²) in [6, 6.07) is 44.4. The van der Waals surface area contributed by atoms with Crippen LogP contribution >= 0.6 is 39.1 Å². The van der Waals surface area contributed by atoms with Gasteiger partial charge in [-0.3, -0.25) is 25.5 Å². The first-order valence-corrected chi connectivity index (χ1v) is 44.2. The molecule has 12 N–H and O–H groups in total. The number of aromatic nitrogens is 10. The topological polar surface area (TPSA) is 366 Å². The molecule has 10 aliphatic heterocycles. The van der Waals surface area contributed by atoms with E-state index in [1.165, 1.54) is 18.2 Å². The number of hydrogen-bond acceptors (Lipinski definition) is 21. The van der Waals surface area contributed by atoms with Gasteiger partial charge < -0.3 is 56.7 Å². The highest BCUT2D eigenvalue weighted by atomic mass is 79.9. The smallest absolute Gasteiger partial charge is 0.162 e. The van der Waals surface area contributed by atoms with Gasteiger partial charge in [-0.25, -0.2) is 13.2 Å². The molecule has 0 radical (unpaired) electrons. The standard InChI is InChI=1S/C20H23N5O.C19H20BrN5.C19H19Cl2N5.C18H17F2N5.C18H18FN5/c1-25-9-7-13(8-10-25)19-15(11-21)18(16-12-22-24-20(16)23-19)14-5-3-4-6-17(14)26-2;1-25-8-6-12(7-9-25)18-14(10-21)17(13-4-2-3-5-16(13)20)15-11-22-24-19(15)23-18;1-26-7-5-11(6-8-26)18-13(9-22)16(14-10-23-25-19(14)24-18)12-3-2-4-15(20)17(12)21;19-14-3-1-2-11(16(14)20)15-12(8-21)17(10-4-6-22-7-5-10)24-18-13(15)9-23-25-18;19-15-4-2-1-3-12(15)16-13(9-20)17(11-5-7-21-8-6-11)23-18-14(16)10-22-24-18/h3-6,12-13,18H,7-10H2,1-2H3,(H2,22,23,24);2-5,11-12,17H,6-9H2,1H3,(H2,22,23,24);2-4,10-11,16H,5-8H2,1H3,(H2,23,24,25);1-3,9-10,15,22H,4-7H2,(H2,23,24,25);1-4,10-11,16,21H,5-8H2,(H2,22,23,24). The second kappa shape index (κ2) is 39.5. The van der Waals surface area contributed by atoms with E-state index in [0.29, 0.717) is 61.5 Å². The number of likely N-dealkylation sites (tertiary alicyclic amines) is 3. The summed E-state index contributed by atoms with van der Waals surface area (Å²) in [6.07, 6.45) is 18.6. The van der Waals surface area contributed by atoms with Gasteiger partial charge in [-0.15, -0.1) is 0 Å². The number of fused-ring (bicyclic) bond motifs is 5. The van der Waals surface area contributed by atoms with Crippen LogP contribution in [0.4, 0.5) is 42.3 Å². The molecule has 32 heteroatoms. The van der Waals surface area contributed by atoms with Gasteiger partial charge in [0.25, 0.3) is 0 Å². The summed E-state index contributed by atoms with van der Waals surface area (Å²) in [4.78, 5) is 7.00. The molecule has 5 aromatic heterocycles. The summed E-state index contributed by atoms with van der Waals surface area (Å²) in [5, 5.41) is 110. The number of hydrogen-bond donors (Lipinski definition) is 12. The molecule has 0 aliphatic carbocycles. The third-order valence-corrected chi connectivity index (χ3v) is 27.6. The first-order chi connectivity index (χ1) is 61.5. The highest BCUT2D eigenvalue weighted by Crippen LogP contribution is 2.52. The summed E-state index contributed by atoms with van der Waals surface area (Å²) in [5.74, 6) is 2.58. The van der Waals surface area contributed by atoms with Gasteiger partial charge in [-0.1, -0.05) is 118 Å². The lowest BCUT2D eigenvalue weighted by Crippen LogP contribution is -2.34. The van der Waals surface area contributed by atoms with E-state index in [1.807, 2.05) is 67.0 Å². The molecule has 5 atom stereocenters. The van der Waals surface area contributed by atoms with Crippen LogP contribution in [0.1, 0.15) is 149 Å². The molecular weight excluding hydrogens is 1700 g/mol. The predicted molar refractivity (Wildman–Crippen MR) is 482 cm³/mol. The van der Waals surface area contributed by atoms with Crippen molar-refractivity contribution >= 4 is 68.2 Å². The number of aromatic amines is 5. The molecule has 0 spiro atoms. The van der Waals surface area contributed by atoms with Crippen molar-refractivity contribution in [3.8, 4) is 36.1 Å². The van der Waals surface area contributed by atoms with E-state index in [4.69, 9.17) is 27.9 Å². The van der Waals surface area contributed by atoms with Gasteiger partial charge in [0.1, 0.15) is 40.7 Å². The quantitative estimate of drug-likeness (QED) is 0.0572. The van der Waals surface area contributed by atoms with Crippen LogP contribution < -0.4 is 42.0 Å². The predicted octanol–water partition coefficient (Wildman–Crippen LogP) is 17.2. The van der Waals surface area contributed by atoms with E-state index >= 15 is 0 Å². The molecule has 5 fully saturated rings. The van der Waals surface area contributed by atoms with Crippen LogP contribution in [-0.4, -0.2) is 159 Å². The van der Waals surface area contributed by atoms with Crippen molar-refractivity contribution in [1.82, 2.24) is 76.3 Å². The minimum atomic E-state index is -0.918. The van der Waals surface area contributed by atoms with Crippen molar-refractivity contribution in [3.63, 3.8) is 0 Å². The Morgan fingerprint density at radius 2 is 0.651 bits per heavy atom. The SMILES string of the molecule is CN1CCC(C2=C(C#N)C(c3cccc(Cl)c3Cl)c3cn[nH]c3N2)CC1.CN1CCC(C2=C(C#N)C(c3ccccc3Br)c3cn[nH]c3N2)CC1.COc1ccccc1C1C(C#N)=C(C2CCN(C)CC2)Nc2[nH]ncc21.N#CC1=C(C2CCNCC2)Nc2[nH]ncc2C1c1cccc(F)c1F.N#CC1=C(C2CCNCC2)Nc2[nH]ncc2C1c1ccccc1F. The number of methoxy groups -OCH3 is 1. The summed E-state index contributed by atoms with van der Waals surface area (Å²) >= 11 is 16.4. The molecule has 0 saturated carbocycles. The normalized spacial score (nSPS) is 21.1. The fourth-order valence-electron chi connectivity index (χ4n) is 19.4. The summed E-state index contributed by atoms with van der Waals surface area (Å²) < 4.78 is 49.4. The second-order valence-corrected chi connectivity index (χ2v) is 35.0. The molecule has 26 nitrogen and oxygen atoms in total. The number of benzene rings is 5. The van der Waals surface area contributed by atoms with Crippen molar-refractivity contribution in [3.05, 3.63) is 284 Å². The summed E-state index contributed by atoms with van der Waals surface area (Å²) in [5.41, 5.74) is 16.1. The van der Waals surface area contributed by atoms with Crippen LogP contribution in [0.3, 0.4) is 0 Å². The number of para-hydroxylation sites is 1. The molecule has 0 bridgehead atoms. The number of allylic oxidation sites excluding steroid dienone is 10. The Hall–Kier alpha value is -12.3. The zero-order chi connectivity index (χ0) is 87.6. The largest absolute Gasteiger partial charge is 0.496 e. The average Bonchev–Trinajstić information content (AvgIpc) is 1.45. The Labute approximate surface area is 748 Å². The minimum absolute atomic E-state index is 0.0924. The van der Waals surface area contributed by atoms with Crippen molar-refractivity contribution in [1.29, 1.82) is 26.3 Å². The Bertz CT molecular complexity index is 6020. The summed E-state index contributed by atoms with van der Waals surface area (Å²) in [6.45, 7) is 9.83. The molecule has 10 aromatic rings. The van der Waals surface area contributed by atoms with Crippen molar-refractivity contribution in [2.24, 2.45) is 29.6 Å². The minimum Gasteiger partial charge on any atom is -0.496 e. The van der Waals surface area contributed by atoms with Crippen molar-refractivity contribution in [2.75, 3.05) is 120 Å². The maximum absolute atomic E-state index is 14.5. The third-order valence-electron chi connectivity index (χ3n) is 26.0. The van der Waals surface area contributed by atoms with Gasteiger partial charge in [0.2, 0.25) is 0 Å². The van der Waals surface area contributed by atoms with Gasteiger partial charge in [-0.2, -0.15) is 51.8 Å². The van der Waals surface area contributed by atoms with Crippen LogP contribution in [0.5, 0.6) is 5.75 Å². The number of halogens is 6. The van der Waals surface area contributed by atoms with E-state index in [2.05, 4.69) is 176 Å². The van der Waals surface area contributed by atoms with Gasteiger partial charge in [0.15, 0.2) is 11.6 Å². The van der Waals surface area contributed by atoms with Crippen LogP contribution in [-0.2, 0) is 0 Å². The number of nitriles is 5. The van der Waals surface area contributed by atoms with E-state index in [9.17, 15) is 39.5 Å². The molecule has 20 rings (SSSR count). The number of nitrogens with zero attached hydrogens (tertiary/aromatic N) is 13. The maximum Gasteiger partial charge on any atom is 0.162 e. The fourth-order valence-corrected chi connectivity index (χ4v) is 20.3. The van der Waals surface area contributed by atoms with Gasteiger partial charge in [-0.05, 0) is 192 Å². The number of piperidine rings is 5. The fraction of sp³-hybridized carbons (Fsp3) is 0.362. The van der Waals surface area contributed by atoms with Gasteiger partial charge in [0.05, 0.1) is 136 Å². The number of rotatable bonds is 11. The van der Waals surface area contributed by atoms with Gasteiger partial charge in [0, 0.05) is 107 Å². The summed E-state index contributed by atoms with van der Waals surface area (Å²) in [7, 11) is 8.10. The lowest BCUT2D eigenvalue weighted by Gasteiger charge is -2.35. The molecule has 10 aliphatic rings. The third kappa shape index (κ3) is 17.9. The molecule has 5 unspecified atom stereocenters. The van der Waals surface area contributed by atoms with Crippen LogP contribution in [0.25, 0.3) is 0 Å². The number of ether oxygens (including phenoxy) is 1. The monoisotopic (exact) mass is 1800 g/mol. The first-order valence-electron chi connectivity index (χ1n) is 42.7. The Balaban J connectivity index is 0.000000116. The average molecular weight is 1800 g/mol.